The molecule has 0 unspecified atom stereocenters. The lowest BCUT2D eigenvalue weighted by molar-refractivity contribution is 0.660. The van der Waals surface area contributed by atoms with Crippen molar-refractivity contribution in [2.45, 2.75) is 19.3 Å². The Kier molecular flexibility index (Phi) is 9.86. The number of nitrogens with zero attached hydrogens (tertiary/aromatic N) is 3. The van der Waals surface area contributed by atoms with Crippen LogP contribution in [0.1, 0.15) is 25.0 Å². The maximum absolute atomic E-state index is 2.42. The normalized spacial score (nSPS) is 12.3. The van der Waals surface area contributed by atoms with Crippen LogP contribution in [0.5, 0.6) is 0 Å². The third kappa shape index (κ3) is 6.98. The second-order valence-corrected chi connectivity index (χ2v) is 17.0. The molecule has 0 heterocycles. The molecule has 0 saturated heterocycles. The summed E-state index contributed by atoms with van der Waals surface area (Å²) in [7, 11) is 0. The topological polar surface area (TPSA) is 9.72 Å². The first-order valence-electron chi connectivity index (χ1n) is 22.1. The van der Waals surface area contributed by atoms with Gasteiger partial charge in [0.1, 0.15) is 0 Å². The number of benzene rings is 10. The number of para-hydroxylation sites is 4. The molecule has 0 spiro atoms. The molecule has 10 aromatic carbocycles. The predicted molar refractivity (Wildman–Crippen MR) is 271 cm³/mol. The molecule has 3 nitrogen and oxygen atoms in total. The molecule has 0 amide bonds. The monoisotopic (exact) mass is 821 g/mol. The fraction of sp³-hybridized carbons (Fsp3) is 0.0492. The van der Waals surface area contributed by atoms with Gasteiger partial charge in [-0.05, 0) is 142 Å². The van der Waals surface area contributed by atoms with Crippen molar-refractivity contribution in [1.82, 2.24) is 0 Å². The molecule has 64 heavy (non-hydrogen) atoms. The highest BCUT2D eigenvalue weighted by Crippen LogP contribution is 2.53. The molecule has 10 aromatic rings. The molecule has 11 rings (SSSR count). The summed E-state index contributed by atoms with van der Waals surface area (Å²) in [4.78, 5) is 7.09. The third-order valence-corrected chi connectivity index (χ3v) is 12.8. The lowest BCUT2D eigenvalue weighted by atomic mass is 9.82. The number of rotatable bonds is 10. The van der Waals surface area contributed by atoms with Crippen molar-refractivity contribution in [3.63, 3.8) is 0 Å². The largest absolute Gasteiger partial charge is 0.311 e. The zero-order chi connectivity index (χ0) is 43.0. The fourth-order valence-corrected chi connectivity index (χ4v) is 9.63. The highest BCUT2D eigenvalue weighted by Gasteiger charge is 2.37. The Balaban J connectivity index is 0.930. The second kappa shape index (κ2) is 16.3. The average Bonchev–Trinajstić information content (AvgIpc) is 3.58. The van der Waals surface area contributed by atoms with E-state index in [4.69, 9.17) is 0 Å². The number of fused-ring (bicyclic) bond motifs is 4. The van der Waals surface area contributed by atoms with Gasteiger partial charge in [0.2, 0.25) is 0 Å². The van der Waals surface area contributed by atoms with E-state index < -0.39 is 0 Å². The summed E-state index contributed by atoms with van der Waals surface area (Å²) in [6, 6.07) is 89.8. The van der Waals surface area contributed by atoms with Gasteiger partial charge in [0.25, 0.3) is 0 Å². The molecule has 0 N–H and O–H groups in total. The molecule has 1 aliphatic rings. The van der Waals surface area contributed by atoms with Gasteiger partial charge in [-0.1, -0.05) is 159 Å². The molecule has 0 fully saturated rings. The van der Waals surface area contributed by atoms with Crippen LogP contribution in [0.2, 0.25) is 0 Å². The van der Waals surface area contributed by atoms with Crippen LogP contribution in [0.15, 0.2) is 249 Å². The van der Waals surface area contributed by atoms with E-state index >= 15 is 0 Å². The fourth-order valence-electron chi connectivity index (χ4n) is 9.63. The first-order valence-corrected chi connectivity index (χ1v) is 22.1. The Morgan fingerprint density at radius 2 is 0.625 bits per heavy atom. The highest BCUT2D eigenvalue weighted by molar-refractivity contribution is 5.99. The molecule has 3 heteroatoms. The molecule has 0 saturated carbocycles. The van der Waals surface area contributed by atoms with Crippen molar-refractivity contribution in [3.8, 4) is 22.3 Å². The van der Waals surface area contributed by atoms with Crippen LogP contribution >= 0.6 is 0 Å². The molecular weight excluding hydrogens is 775 g/mol. The summed E-state index contributed by atoms with van der Waals surface area (Å²) in [6.07, 6.45) is 0. The standard InChI is InChI=1S/C61H47N3/c1-61(2)58-42-53(38-40-56(58)57-41-39-54(43-59(57)61)64(50-26-13-6-14-27-50)60-29-17-19-46-18-15-16-28-55(46)60)63(49-24-11-5-12-25-49)52-36-32-45(33-37-52)44-30-34-51(35-31-44)62(47-20-7-3-8-21-47)48-22-9-4-10-23-48/h3-43H,1-2H3. The van der Waals surface area contributed by atoms with Crippen molar-refractivity contribution in [2.24, 2.45) is 0 Å². The molecule has 306 valence electrons. The van der Waals surface area contributed by atoms with Gasteiger partial charge in [0, 0.05) is 56.3 Å². The summed E-state index contributed by atoms with van der Waals surface area (Å²) in [5.41, 5.74) is 17.5. The van der Waals surface area contributed by atoms with Crippen molar-refractivity contribution in [1.29, 1.82) is 0 Å². The lowest BCUT2D eigenvalue weighted by Gasteiger charge is -2.29. The van der Waals surface area contributed by atoms with Gasteiger partial charge >= 0.3 is 0 Å². The minimum atomic E-state index is -0.243. The Morgan fingerprint density at radius 1 is 0.281 bits per heavy atom. The van der Waals surface area contributed by atoms with Gasteiger partial charge in [0.15, 0.2) is 0 Å². The second-order valence-electron chi connectivity index (χ2n) is 17.0. The van der Waals surface area contributed by atoms with Gasteiger partial charge in [-0.2, -0.15) is 0 Å². The number of anilines is 9. The van der Waals surface area contributed by atoms with Crippen molar-refractivity contribution in [2.75, 3.05) is 14.7 Å². The number of hydrogen-bond acceptors (Lipinski definition) is 3. The lowest BCUT2D eigenvalue weighted by Crippen LogP contribution is -2.17. The maximum atomic E-state index is 2.42. The molecule has 0 bridgehead atoms. The van der Waals surface area contributed by atoms with Crippen molar-refractivity contribution < 1.29 is 0 Å². The van der Waals surface area contributed by atoms with Crippen LogP contribution < -0.4 is 14.7 Å². The summed E-state index contributed by atoms with van der Waals surface area (Å²) in [5.74, 6) is 0. The smallest absolute Gasteiger partial charge is 0.0540 e. The van der Waals surface area contributed by atoms with Crippen LogP contribution in [0.25, 0.3) is 33.0 Å². The first-order chi connectivity index (χ1) is 31.5. The Morgan fingerprint density at radius 3 is 1.09 bits per heavy atom. The zero-order valence-electron chi connectivity index (χ0n) is 36.0. The van der Waals surface area contributed by atoms with Crippen LogP contribution in [0, 0.1) is 0 Å². The van der Waals surface area contributed by atoms with Crippen LogP contribution in [0.3, 0.4) is 0 Å². The van der Waals surface area contributed by atoms with Gasteiger partial charge in [-0.3, -0.25) is 0 Å². The van der Waals surface area contributed by atoms with Gasteiger partial charge in [-0.25, -0.2) is 0 Å². The van der Waals surface area contributed by atoms with E-state index in [1.165, 1.54) is 49.8 Å². The van der Waals surface area contributed by atoms with E-state index in [-0.39, 0.29) is 5.41 Å². The first kappa shape index (κ1) is 38.8. The minimum absolute atomic E-state index is 0.243. The van der Waals surface area contributed by atoms with E-state index in [2.05, 4.69) is 277 Å². The van der Waals surface area contributed by atoms with E-state index in [0.717, 1.165) is 45.5 Å². The SMILES string of the molecule is CC1(C)c2cc(N(c3ccccc3)c3ccc(-c4ccc(N(c5ccccc5)c5ccccc5)cc4)cc3)ccc2-c2ccc(N(c3ccccc3)c3cccc4ccccc34)cc21. The van der Waals surface area contributed by atoms with Crippen molar-refractivity contribution >= 4 is 62.0 Å². The van der Waals surface area contributed by atoms with Crippen LogP contribution in [0.4, 0.5) is 51.2 Å². The summed E-state index contributed by atoms with van der Waals surface area (Å²) in [6.45, 7) is 4.75. The number of hydrogen-bond donors (Lipinski definition) is 0. The van der Waals surface area contributed by atoms with Crippen LogP contribution in [-0.2, 0) is 5.41 Å². The van der Waals surface area contributed by atoms with E-state index in [1.807, 2.05) is 0 Å². The Labute approximate surface area is 376 Å². The predicted octanol–water partition coefficient (Wildman–Crippen LogP) is 17.2. The van der Waals surface area contributed by atoms with E-state index in [1.54, 1.807) is 0 Å². The molecule has 0 aromatic heterocycles. The van der Waals surface area contributed by atoms with Gasteiger partial charge in [-0.15, -0.1) is 0 Å². The van der Waals surface area contributed by atoms with E-state index in [0.29, 0.717) is 0 Å². The maximum Gasteiger partial charge on any atom is 0.0540 e. The average molecular weight is 822 g/mol. The van der Waals surface area contributed by atoms with E-state index in [9.17, 15) is 0 Å². The zero-order valence-corrected chi connectivity index (χ0v) is 36.0. The summed E-state index contributed by atoms with van der Waals surface area (Å²) >= 11 is 0. The molecule has 0 aliphatic heterocycles. The summed E-state index contributed by atoms with van der Waals surface area (Å²) < 4.78 is 0. The molecule has 1 aliphatic carbocycles. The molecular formula is C61H47N3. The quantitative estimate of drug-likeness (QED) is 0.136. The summed E-state index contributed by atoms with van der Waals surface area (Å²) in [5, 5.41) is 2.45. The third-order valence-electron chi connectivity index (χ3n) is 12.8. The minimum Gasteiger partial charge on any atom is -0.311 e. The molecule has 0 atom stereocenters. The highest BCUT2D eigenvalue weighted by atomic mass is 15.2. The Bertz CT molecular complexity index is 3170. The van der Waals surface area contributed by atoms with Crippen LogP contribution in [-0.4, -0.2) is 0 Å². The molecule has 0 radical (unpaired) electrons. The van der Waals surface area contributed by atoms with Gasteiger partial charge < -0.3 is 14.7 Å². The van der Waals surface area contributed by atoms with Gasteiger partial charge in [0.05, 0.1) is 5.69 Å². The van der Waals surface area contributed by atoms with Crippen molar-refractivity contribution in [3.05, 3.63) is 260 Å². The Hall–Kier alpha value is -8.14.